The molecule has 10 aromatic rings. The summed E-state index contributed by atoms with van der Waals surface area (Å²) in [6.45, 7) is 32.6. The number of nitrogens with one attached hydrogen (secondary N) is 2. The third-order valence-corrected chi connectivity index (χ3v) is 30.5. The van der Waals surface area contributed by atoms with Gasteiger partial charge < -0.3 is 57.2 Å². The number of likely N-dealkylation sites (N-methyl/N-ethyl adjacent to an activating group) is 4. The van der Waals surface area contributed by atoms with Crippen LogP contribution in [0.1, 0.15) is 180 Å². The summed E-state index contributed by atoms with van der Waals surface area (Å²) in [5.41, 5.74) is 24.8. The number of aliphatic carboxylic acids is 1. The number of fused-ring (bicyclic) bond motifs is 4. The molecule has 134 heavy (non-hydrogen) atoms. The van der Waals surface area contributed by atoms with Crippen LogP contribution in [0, 0.1) is 23.7 Å². The first kappa shape index (κ1) is 105. The number of likely N-dealkylation sites (tertiary alicyclic amines) is 1. The summed E-state index contributed by atoms with van der Waals surface area (Å²) >= 11 is 7.14. The van der Waals surface area contributed by atoms with Crippen molar-refractivity contribution in [2.75, 3.05) is 150 Å². The van der Waals surface area contributed by atoms with E-state index in [0.717, 1.165) is 215 Å². The Morgan fingerprint density at radius 3 is 1.49 bits per heavy atom. The molecule has 18 rings (SSSR count). The fraction of sp³-hybridized carbons (Fsp3) is 0.540. The summed E-state index contributed by atoms with van der Waals surface area (Å²) in [6.07, 6.45) is 17.5. The van der Waals surface area contributed by atoms with E-state index in [-0.39, 0.29) is 58.0 Å². The van der Waals surface area contributed by atoms with Gasteiger partial charge in [-0.1, -0.05) is 78.0 Å². The minimum Gasteiger partial charge on any atom is -1.00 e. The number of carbonyl (C=O) groups excluding carboxylic acids is 4. The molecule has 3 amide bonds. The summed E-state index contributed by atoms with van der Waals surface area (Å²) in [7, 11) is 8.66. The number of amides is 3. The van der Waals surface area contributed by atoms with E-state index in [0.29, 0.717) is 90.9 Å². The zero-order valence-corrected chi connectivity index (χ0v) is 85.8. The Labute approximate surface area is 830 Å². The van der Waals surface area contributed by atoms with Gasteiger partial charge >= 0.3 is 53.4 Å². The summed E-state index contributed by atoms with van der Waals surface area (Å²) in [6, 6.07) is 32.2. The second-order valence-corrected chi connectivity index (χ2v) is 42.4. The Bertz CT molecular complexity index is 5710. The molecule has 0 spiro atoms. The summed E-state index contributed by atoms with van der Waals surface area (Å²) in [5, 5.41) is 19.6. The molecule has 0 bridgehead atoms. The van der Waals surface area contributed by atoms with Crippen LogP contribution < -0.4 is 51.7 Å². The molecule has 7 N–H and O–H groups in total. The SMILES string of the molecule is CCc1cc(CC(=O)C(=O)O)cnc1N.CCc1cc(NC(=O)C(=O)N2C[C@@H](C)CC[C@@H]2c2ccc3sc(CCN(C)C4COC4)nc3c2)cnc1N.C[C@H]1CC=C(c2ccc3sc(CCN(C)C4COC4)nc3c2)N(C(=O)OC(C)(C)C)C1.C[C@H]1CCC(c2ccc3sc(CCN(C)C4COC4)nc3c2)=NC1.C[C@H]1CC[C@H](c2ccc3sc(CCN(C)C4COC4)nc3c2)NC1.[B].[H-].[Na+]. The number of ether oxygens (including phenoxy) is 5. The van der Waals surface area contributed by atoms with Gasteiger partial charge in [0.05, 0.1) is 162 Å². The van der Waals surface area contributed by atoms with Gasteiger partial charge in [0, 0.05) is 110 Å². The number of hydrogen-bond donors (Lipinski definition) is 5. The first-order chi connectivity index (χ1) is 63.4. The van der Waals surface area contributed by atoms with Crippen molar-refractivity contribution in [1.82, 2.24) is 64.6 Å². The molecular weight excluding hydrogens is 1780 g/mol. The number of benzene rings is 4. The molecule has 3 radical (unpaired) electrons. The number of carboxylic acids is 1. The number of hydrogen-bond acceptors (Lipinski definition) is 28. The number of carbonyl (C=O) groups is 5. The number of aryl methyl sites for hydroxylation is 2. The Hall–Kier alpha value is -8.20. The minimum atomic E-state index is -1.43. The van der Waals surface area contributed by atoms with Gasteiger partial charge in [0.1, 0.15) is 17.2 Å². The van der Waals surface area contributed by atoms with Gasteiger partial charge in [-0.05, 0) is 225 Å². The van der Waals surface area contributed by atoms with Crippen molar-refractivity contribution in [3.8, 4) is 0 Å². The number of Topliss-reactive ketones (excluding diaryl/α,β-unsaturated/α-hetero) is 1. The molecule has 6 aromatic heterocycles. The number of thiazole rings is 4. The molecule has 34 heteroatoms. The number of nitrogens with two attached hydrogens (primary N) is 2. The fourth-order valence-electron chi connectivity index (χ4n) is 17.0. The standard InChI is InChI=1S/C28H36N6O3S.C24H33N3O3S.C19H27N3OS.C19H25N3OS.C10H12N2O3.B.Na.H/c1-4-18-11-20(13-30-26(18)29)31-27(35)28(36)34-14-17(2)5-7-23(34)19-6-8-24-22(12-19)32-25(38-24)9-10-33(3)21-15-37-16-21;1-16-6-8-20(27(13-16)23(28)30-24(2,3)4)17-7-9-21-19(12-17)25-22(31-21)10-11-26(5)18-14-29-15-18;2*1-13-3-5-16(20-10-13)14-4-6-18-17(9-14)21-19(24-18)7-8-22(2)15-11-23-12-15;1-2-7-3-6(5-12-9(7)11)4-8(13)10(14)15;;;/h6,8,11-13,17,21,23H,4-5,7,9-10,14-16H2,1-3H3,(H2,29,30)(H,31,35);7-9,12,16,18H,6,10-11,13-15H2,1-5H3;4,6,9,13,15-16,20H,3,5,7-8,10-12H2,1-2H3;4,6,9,13,15H,3,5,7-8,10-12H2,1-2H3;3,5H,2,4H2,1H3,(H2,11,12)(H,14,15);;;/q;;;;;;+1;-1/t17-,23+;16-;13-,16+;13-;;;;/m0000..../s1. The second kappa shape index (κ2) is 48.9. The molecule has 4 aromatic carbocycles. The number of allylic oxidation sites excluding steroid dienone is 1. The topological polar surface area (TPSA) is 337 Å². The first-order valence-corrected chi connectivity index (χ1v) is 50.2. The maximum Gasteiger partial charge on any atom is 1.00 e. The Balaban J connectivity index is 0.000000166. The van der Waals surface area contributed by atoms with Gasteiger partial charge in [0.2, 0.25) is 5.78 Å². The molecule has 6 saturated heterocycles. The van der Waals surface area contributed by atoms with Gasteiger partial charge in [-0.25, -0.2) is 39.5 Å². The molecule has 713 valence electrons. The number of piperidine rings is 2. The van der Waals surface area contributed by atoms with Crippen LogP contribution in [0.4, 0.5) is 22.1 Å². The van der Waals surface area contributed by atoms with E-state index in [2.05, 4.69) is 175 Å². The maximum absolute atomic E-state index is 13.4. The number of nitrogens with zero attached hydrogens (tertiary/aromatic N) is 13. The van der Waals surface area contributed by atoms with Crippen LogP contribution in [0.15, 0.2) is 108 Å². The number of carboxylic acid groups (broad SMARTS) is 1. The van der Waals surface area contributed by atoms with Gasteiger partial charge in [0.25, 0.3) is 0 Å². The average Bonchev–Trinajstić information content (AvgIpc) is 1.69. The molecule has 14 heterocycles. The third kappa shape index (κ3) is 28.3. The van der Waals surface area contributed by atoms with E-state index in [1.807, 2.05) is 57.3 Å². The first-order valence-electron chi connectivity index (χ1n) is 47.0. The molecule has 0 saturated carbocycles. The number of ketones is 1. The van der Waals surface area contributed by atoms with Crippen LogP contribution in [0.25, 0.3) is 46.6 Å². The van der Waals surface area contributed by atoms with Crippen molar-refractivity contribution in [3.05, 3.63) is 162 Å². The predicted molar refractivity (Wildman–Crippen MR) is 537 cm³/mol. The number of aliphatic imine (C=N–C) groups is 1. The van der Waals surface area contributed by atoms with E-state index in [1.165, 1.54) is 78.1 Å². The van der Waals surface area contributed by atoms with Crippen LogP contribution in [0.2, 0.25) is 0 Å². The third-order valence-electron chi connectivity index (χ3n) is 26.1. The van der Waals surface area contributed by atoms with Crippen LogP contribution in [0.3, 0.4) is 0 Å². The Morgan fingerprint density at radius 2 is 1.03 bits per heavy atom. The van der Waals surface area contributed by atoms with Crippen LogP contribution in [-0.2, 0) is 87.8 Å². The van der Waals surface area contributed by atoms with Crippen LogP contribution in [0.5, 0.6) is 0 Å². The zero-order chi connectivity index (χ0) is 93.4. The van der Waals surface area contributed by atoms with Gasteiger partial charge in [-0.3, -0.25) is 43.9 Å². The molecule has 0 aliphatic carbocycles. The second-order valence-electron chi connectivity index (χ2n) is 37.9. The predicted octanol–water partition coefficient (Wildman–Crippen LogP) is 12.2. The molecule has 8 aliphatic rings. The van der Waals surface area contributed by atoms with Crippen molar-refractivity contribution < 1.29 is 83.7 Å². The molecule has 6 fully saturated rings. The van der Waals surface area contributed by atoms with Gasteiger partial charge in [-0.15, -0.1) is 45.3 Å². The summed E-state index contributed by atoms with van der Waals surface area (Å²) < 4.78 is 31.7. The van der Waals surface area contributed by atoms with E-state index >= 15 is 0 Å². The smallest absolute Gasteiger partial charge is 1.00 e. The Kier molecular flexibility index (Phi) is 38.2. The number of pyridine rings is 2. The van der Waals surface area contributed by atoms with Crippen molar-refractivity contribution in [2.45, 2.75) is 194 Å². The van der Waals surface area contributed by atoms with Crippen molar-refractivity contribution in [2.24, 2.45) is 28.7 Å². The van der Waals surface area contributed by atoms with Crippen LogP contribution >= 0.6 is 45.3 Å². The van der Waals surface area contributed by atoms with E-state index in [9.17, 15) is 24.0 Å². The van der Waals surface area contributed by atoms with Crippen molar-refractivity contribution >= 4 is 153 Å². The van der Waals surface area contributed by atoms with E-state index in [4.69, 9.17) is 65.2 Å². The number of nitrogen functional groups attached to an aromatic ring is 2. The van der Waals surface area contributed by atoms with E-state index in [1.54, 1.807) is 44.6 Å². The minimum absolute atomic E-state index is 0. The van der Waals surface area contributed by atoms with Gasteiger partial charge in [0.15, 0.2) is 0 Å². The average molecular weight is 1910 g/mol. The Morgan fingerprint density at radius 1 is 0.567 bits per heavy atom. The largest absolute Gasteiger partial charge is 1.00 e. The summed E-state index contributed by atoms with van der Waals surface area (Å²) in [5.74, 6) is -0.353. The van der Waals surface area contributed by atoms with E-state index < -0.39 is 29.2 Å². The van der Waals surface area contributed by atoms with Gasteiger partial charge in [-0.2, -0.15) is 0 Å². The number of aromatic nitrogens is 6. The monoisotopic (exact) mass is 1910 g/mol. The molecule has 6 atom stereocenters. The summed E-state index contributed by atoms with van der Waals surface area (Å²) in [4.78, 5) is 106. The van der Waals surface area contributed by atoms with Crippen molar-refractivity contribution in [1.29, 1.82) is 0 Å². The normalized spacial score (nSPS) is 19.9. The molecule has 8 aliphatic heterocycles. The fourth-order valence-corrected chi connectivity index (χ4v) is 20.7. The zero-order valence-electron chi connectivity index (χ0n) is 81.5. The maximum atomic E-state index is 13.4. The molecule has 28 nitrogen and oxygen atoms in total. The quantitative estimate of drug-likeness (QED) is 0.0248. The molecule has 0 unspecified atom stereocenters. The number of rotatable bonds is 26. The van der Waals surface area contributed by atoms with Crippen LogP contribution in [-0.4, -0.2) is 271 Å². The molecular formula is C100H134BN17NaO11S4. The van der Waals surface area contributed by atoms with Crippen molar-refractivity contribution in [3.63, 3.8) is 0 Å². The number of anilines is 3.